The molecule has 19 heavy (non-hydrogen) atoms. The predicted molar refractivity (Wildman–Crippen MR) is 90.5 cm³/mol. The van der Waals surface area contributed by atoms with E-state index in [9.17, 15) is 0 Å². The Morgan fingerprint density at radius 2 is 1.89 bits per heavy atom. The van der Waals surface area contributed by atoms with E-state index in [1.807, 2.05) is 25.1 Å². The minimum atomic E-state index is -0.184. The summed E-state index contributed by atoms with van der Waals surface area (Å²) in [5, 5.41) is 0. The summed E-state index contributed by atoms with van der Waals surface area (Å²) in [7, 11) is 0. The van der Waals surface area contributed by atoms with Gasteiger partial charge in [0.25, 0.3) is 0 Å². The monoisotopic (exact) mass is 431 g/mol. The Morgan fingerprint density at radius 3 is 2.53 bits per heavy atom. The molecule has 100 valence electrons. The molecule has 0 saturated carbocycles. The Balaban J connectivity index is 2.39. The van der Waals surface area contributed by atoms with Crippen molar-refractivity contribution in [3.05, 3.63) is 61.6 Å². The Morgan fingerprint density at radius 1 is 1.21 bits per heavy atom. The van der Waals surface area contributed by atoms with Crippen LogP contribution in [0.5, 0.6) is 5.75 Å². The van der Waals surface area contributed by atoms with Gasteiger partial charge in [-0.1, -0.05) is 28.1 Å². The molecule has 2 aromatic rings. The molecular formula is C15H15BrINO. The molecule has 0 fully saturated rings. The normalized spacial score (nSPS) is 12.2. The van der Waals surface area contributed by atoms with Crippen LogP contribution in [0.1, 0.15) is 24.1 Å². The van der Waals surface area contributed by atoms with Gasteiger partial charge in [-0.2, -0.15) is 0 Å². The number of nitrogens with two attached hydrogens (primary N) is 1. The van der Waals surface area contributed by atoms with Crippen molar-refractivity contribution in [3.8, 4) is 5.75 Å². The summed E-state index contributed by atoms with van der Waals surface area (Å²) in [6.07, 6.45) is 0. The number of rotatable bonds is 4. The van der Waals surface area contributed by atoms with Gasteiger partial charge in [-0.15, -0.1) is 0 Å². The van der Waals surface area contributed by atoms with E-state index < -0.39 is 0 Å². The summed E-state index contributed by atoms with van der Waals surface area (Å²) in [6.45, 7) is 2.61. The van der Waals surface area contributed by atoms with Gasteiger partial charge in [-0.3, -0.25) is 0 Å². The first kappa shape index (κ1) is 14.8. The molecule has 0 spiro atoms. The Labute approximate surface area is 135 Å². The fourth-order valence-corrected chi connectivity index (χ4v) is 2.64. The van der Waals surface area contributed by atoms with Crippen LogP contribution in [-0.4, -0.2) is 6.61 Å². The summed E-state index contributed by atoms with van der Waals surface area (Å²) in [6, 6.07) is 14.0. The van der Waals surface area contributed by atoms with Crippen LogP contribution in [0.3, 0.4) is 0 Å². The highest BCUT2D eigenvalue weighted by molar-refractivity contribution is 14.1. The highest BCUT2D eigenvalue weighted by atomic mass is 127. The SMILES string of the molecule is CCOc1ccc(Br)cc1C(N)c1ccc(I)cc1. The molecule has 2 N–H and O–H groups in total. The molecule has 0 heterocycles. The van der Waals surface area contributed by atoms with Crippen LogP contribution < -0.4 is 10.5 Å². The van der Waals surface area contributed by atoms with Crippen molar-refractivity contribution in [2.75, 3.05) is 6.61 Å². The van der Waals surface area contributed by atoms with Crippen LogP contribution in [0.15, 0.2) is 46.9 Å². The lowest BCUT2D eigenvalue weighted by atomic mass is 9.99. The van der Waals surface area contributed by atoms with Crippen LogP contribution in [-0.2, 0) is 0 Å². The molecule has 1 unspecified atom stereocenters. The zero-order valence-electron chi connectivity index (χ0n) is 10.6. The number of ether oxygens (including phenoxy) is 1. The number of halogens is 2. The van der Waals surface area contributed by atoms with Crippen LogP contribution in [0.2, 0.25) is 0 Å². The minimum absolute atomic E-state index is 0.184. The average molecular weight is 432 g/mol. The van der Waals surface area contributed by atoms with Gasteiger partial charge in [0.1, 0.15) is 5.75 Å². The smallest absolute Gasteiger partial charge is 0.124 e. The van der Waals surface area contributed by atoms with Crippen molar-refractivity contribution >= 4 is 38.5 Å². The maximum Gasteiger partial charge on any atom is 0.124 e. The molecule has 0 aliphatic carbocycles. The van der Waals surface area contributed by atoms with Gasteiger partial charge >= 0.3 is 0 Å². The first-order valence-corrected chi connectivity index (χ1v) is 7.92. The summed E-state index contributed by atoms with van der Waals surface area (Å²) in [5.74, 6) is 0.844. The molecule has 0 aromatic heterocycles. The van der Waals surface area contributed by atoms with Gasteiger partial charge in [0.2, 0.25) is 0 Å². The topological polar surface area (TPSA) is 35.2 Å². The number of hydrogen-bond acceptors (Lipinski definition) is 2. The number of hydrogen-bond donors (Lipinski definition) is 1. The first-order valence-electron chi connectivity index (χ1n) is 6.05. The van der Waals surface area contributed by atoms with Crippen LogP contribution in [0.25, 0.3) is 0 Å². The maximum atomic E-state index is 6.36. The third-order valence-corrected chi connectivity index (χ3v) is 4.05. The molecule has 0 bridgehead atoms. The molecule has 0 aliphatic rings. The molecule has 0 aliphatic heterocycles. The molecule has 2 nitrogen and oxygen atoms in total. The lowest BCUT2D eigenvalue weighted by Crippen LogP contribution is -2.13. The molecule has 1 atom stereocenters. The molecule has 2 aromatic carbocycles. The minimum Gasteiger partial charge on any atom is -0.494 e. The maximum absolute atomic E-state index is 6.36. The van der Waals surface area contributed by atoms with Gasteiger partial charge < -0.3 is 10.5 Å². The van der Waals surface area contributed by atoms with Crippen LogP contribution >= 0.6 is 38.5 Å². The third-order valence-electron chi connectivity index (χ3n) is 2.84. The van der Waals surface area contributed by atoms with Crippen molar-refractivity contribution in [2.24, 2.45) is 5.73 Å². The van der Waals surface area contributed by atoms with Crippen molar-refractivity contribution in [3.63, 3.8) is 0 Å². The number of benzene rings is 2. The van der Waals surface area contributed by atoms with E-state index in [0.717, 1.165) is 21.3 Å². The lowest BCUT2D eigenvalue weighted by molar-refractivity contribution is 0.335. The highest BCUT2D eigenvalue weighted by Gasteiger charge is 2.14. The highest BCUT2D eigenvalue weighted by Crippen LogP contribution is 2.31. The molecule has 0 radical (unpaired) electrons. The Kier molecular flexibility index (Phi) is 5.24. The van der Waals surface area contributed by atoms with Crippen LogP contribution in [0.4, 0.5) is 0 Å². The summed E-state index contributed by atoms with van der Waals surface area (Å²) in [4.78, 5) is 0. The van der Waals surface area contributed by atoms with E-state index in [-0.39, 0.29) is 6.04 Å². The largest absolute Gasteiger partial charge is 0.494 e. The van der Waals surface area contributed by atoms with Gasteiger partial charge in [0.15, 0.2) is 0 Å². The third kappa shape index (κ3) is 3.70. The molecular weight excluding hydrogens is 417 g/mol. The standard InChI is InChI=1S/C15H15BrINO/c1-2-19-14-8-5-11(16)9-13(14)15(18)10-3-6-12(17)7-4-10/h3-9,15H,2,18H2,1H3. The van der Waals surface area contributed by atoms with Crippen molar-refractivity contribution < 1.29 is 4.74 Å². The second-order valence-corrected chi connectivity index (χ2v) is 6.31. The molecule has 0 saturated heterocycles. The Hall–Kier alpha value is -0.590. The van der Waals surface area contributed by atoms with Crippen LogP contribution in [0, 0.1) is 3.57 Å². The average Bonchev–Trinajstić information content (AvgIpc) is 2.41. The van der Waals surface area contributed by atoms with Gasteiger partial charge in [0, 0.05) is 13.6 Å². The predicted octanol–water partition coefficient (Wildman–Crippen LogP) is 4.50. The molecule has 0 amide bonds. The summed E-state index contributed by atoms with van der Waals surface area (Å²) < 4.78 is 7.86. The fourth-order valence-electron chi connectivity index (χ4n) is 1.90. The van der Waals surface area contributed by atoms with E-state index in [4.69, 9.17) is 10.5 Å². The van der Waals surface area contributed by atoms with E-state index >= 15 is 0 Å². The van der Waals surface area contributed by atoms with Crippen molar-refractivity contribution in [1.29, 1.82) is 0 Å². The van der Waals surface area contributed by atoms with Gasteiger partial charge in [0.05, 0.1) is 12.6 Å². The zero-order chi connectivity index (χ0) is 13.8. The van der Waals surface area contributed by atoms with E-state index in [2.05, 4.69) is 62.8 Å². The van der Waals surface area contributed by atoms with E-state index in [1.54, 1.807) is 0 Å². The summed E-state index contributed by atoms with van der Waals surface area (Å²) in [5.41, 5.74) is 8.44. The zero-order valence-corrected chi connectivity index (χ0v) is 14.3. The summed E-state index contributed by atoms with van der Waals surface area (Å²) >= 11 is 5.77. The van der Waals surface area contributed by atoms with Gasteiger partial charge in [-0.05, 0) is 65.4 Å². The molecule has 2 rings (SSSR count). The van der Waals surface area contributed by atoms with Crippen molar-refractivity contribution in [1.82, 2.24) is 0 Å². The van der Waals surface area contributed by atoms with E-state index in [0.29, 0.717) is 6.61 Å². The Bertz CT molecular complexity index is 557. The fraction of sp³-hybridized carbons (Fsp3) is 0.200. The lowest BCUT2D eigenvalue weighted by Gasteiger charge is -2.17. The molecule has 4 heteroatoms. The second kappa shape index (κ2) is 6.72. The van der Waals surface area contributed by atoms with E-state index in [1.165, 1.54) is 3.57 Å². The quantitative estimate of drug-likeness (QED) is 0.723. The second-order valence-electron chi connectivity index (χ2n) is 4.14. The first-order chi connectivity index (χ1) is 9.11. The van der Waals surface area contributed by atoms with Crippen molar-refractivity contribution in [2.45, 2.75) is 13.0 Å². The van der Waals surface area contributed by atoms with Gasteiger partial charge in [-0.25, -0.2) is 0 Å².